The van der Waals surface area contributed by atoms with E-state index in [1.165, 1.54) is 19.8 Å². The minimum Gasteiger partial charge on any atom is -0.496 e. The molecule has 0 saturated heterocycles. The molecule has 0 unspecified atom stereocenters. The molecule has 0 aliphatic heterocycles. The third-order valence-electron chi connectivity index (χ3n) is 3.77. The summed E-state index contributed by atoms with van der Waals surface area (Å²) in [5.74, 6) is 1.49. The van der Waals surface area contributed by atoms with Crippen LogP contribution in [0.2, 0.25) is 0 Å². The number of carbonyl (C=O) groups is 1. The van der Waals surface area contributed by atoms with Crippen molar-refractivity contribution in [2.75, 3.05) is 27.4 Å². The van der Waals surface area contributed by atoms with E-state index in [2.05, 4.69) is 24.4 Å². The van der Waals surface area contributed by atoms with Gasteiger partial charge in [-0.3, -0.25) is 4.79 Å². The van der Waals surface area contributed by atoms with Gasteiger partial charge in [0.1, 0.15) is 29.4 Å². The topological polar surface area (TPSA) is 56.8 Å². The van der Waals surface area contributed by atoms with Crippen molar-refractivity contribution in [2.45, 2.75) is 19.8 Å². The predicted molar refractivity (Wildman–Crippen MR) is 97.8 cm³/mol. The molecule has 5 heteroatoms. The molecule has 0 aromatic heterocycles. The fourth-order valence-corrected chi connectivity index (χ4v) is 2.54. The summed E-state index contributed by atoms with van der Waals surface area (Å²) in [6, 6.07) is 13.3. The summed E-state index contributed by atoms with van der Waals surface area (Å²) in [6.45, 7) is 2.93. The van der Waals surface area contributed by atoms with E-state index < -0.39 is 0 Å². The van der Waals surface area contributed by atoms with Gasteiger partial charge in [0.2, 0.25) is 0 Å². The second kappa shape index (κ2) is 9.57. The maximum absolute atomic E-state index is 12.4. The van der Waals surface area contributed by atoms with Crippen LogP contribution in [0.5, 0.6) is 17.2 Å². The highest BCUT2D eigenvalue weighted by Gasteiger charge is 2.17. The molecule has 0 fully saturated rings. The molecule has 2 aromatic rings. The SMILES string of the molecule is CCCc1ccc(OCCNC(=O)c2c(OC)cccc2OC)cc1. The molecule has 134 valence electrons. The number of aryl methyl sites for hydroxylation is 1. The molecule has 0 bridgehead atoms. The zero-order chi connectivity index (χ0) is 18.1. The fourth-order valence-electron chi connectivity index (χ4n) is 2.54. The highest BCUT2D eigenvalue weighted by atomic mass is 16.5. The Morgan fingerprint density at radius 1 is 1.00 bits per heavy atom. The number of nitrogens with one attached hydrogen (secondary N) is 1. The smallest absolute Gasteiger partial charge is 0.258 e. The lowest BCUT2D eigenvalue weighted by molar-refractivity contribution is 0.0940. The number of benzene rings is 2. The van der Waals surface area contributed by atoms with Gasteiger partial charge >= 0.3 is 0 Å². The van der Waals surface area contributed by atoms with Crippen molar-refractivity contribution in [1.29, 1.82) is 0 Å². The molecule has 0 radical (unpaired) electrons. The number of hydrogen-bond donors (Lipinski definition) is 1. The molecule has 25 heavy (non-hydrogen) atoms. The molecule has 0 spiro atoms. The normalized spacial score (nSPS) is 10.2. The first kappa shape index (κ1) is 18.6. The highest BCUT2D eigenvalue weighted by Crippen LogP contribution is 2.27. The van der Waals surface area contributed by atoms with Crippen molar-refractivity contribution in [3.05, 3.63) is 53.6 Å². The predicted octanol–water partition coefficient (Wildman–Crippen LogP) is 3.47. The Labute approximate surface area is 148 Å². The van der Waals surface area contributed by atoms with Gasteiger partial charge in [0.15, 0.2) is 0 Å². The number of rotatable bonds is 9. The molecule has 0 heterocycles. The van der Waals surface area contributed by atoms with Crippen LogP contribution in [0.25, 0.3) is 0 Å². The van der Waals surface area contributed by atoms with Crippen LogP contribution in [0.1, 0.15) is 29.3 Å². The maximum atomic E-state index is 12.4. The Kier molecular flexibility index (Phi) is 7.14. The Morgan fingerprint density at radius 3 is 2.20 bits per heavy atom. The quantitative estimate of drug-likeness (QED) is 0.709. The van der Waals surface area contributed by atoms with Crippen LogP contribution in [-0.2, 0) is 6.42 Å². The van der Waals surface area contributed by atoms with E-state index in [4.69, 9.17) is 14.2 Å². The Hall–Kier alpha value is -2.69. The Balaban J connectivity index is 1.86. The third-order valence-corrected chi connectivity index (χ3v) is 3.77. The summed E-state index contributed by atoms with van der Waals surface area (Å²) < 4.78 is 16.1. The van der Waals surface area contributed by atoms with Gasteiger partial charge in [-0.15, -0.1) is 0 Å². The Bertz CT molecular complexity index is 660. The first-order chi connectivity index (χ1) is 12.2. The molecule has 5 nitrogen and oxygen atoms in total. The molecule has 2 aromatic carbocycles. The fraction of sp³-hybridized carbons (Fsp3) is 0.350. The van der Waals surface area contributed by atoms with Gasteiger partial charge in [-0.05, 0) is 36.2 Å². The molecule has 0 atom stereocenters. The second-order valence-corrected chi connectivity index (χ2v) is 5.54. The summed E-state index contributed by atoms with van der Waals surface area (Å²) in [4.78, 5) is 12.4. The second-order valence-electron chi connectivity index (χ2n) is 5.54. The van der Waals surface area contributed by atoms with Crippen LogP contribution in [0.3, 0.4) is 0 Å². The van der Waals surface area contributed by atoms with E-state index in [0.29, 0.717) is 30.2 Å². The van der Waals surface area contributed by atoms with Gasteiger partial charge in [0.25, 0.3) is 5.91 Å². The maximum Gasteiger partial charge on any atom is 0.258 e. The van der Waals surface area contributed by atoms with E-state index in [0.717, 1.165) is 18.6 Å². The summed E-state index contributed by atoms with van der Waals surface area (Å²) in [5.41, 5.74) is 1.68. The van der Waals surface area contributed by atoms with Gasteiger partial charge < -0.3 is 19.5 Å². The molecular formula is C20H25NO4. The van der Waals surface area contributed by atoms with E-state index in [1.54, 1.807) is 18.2 Å². The molecule has 0 aliphatic rings. The molecule has 0 aliphatic carbocycles. The van der Waals surface area contributed by atoms with Gasteiger partial charge in [-0.25, -0.2) is 0 Å². The van der Waals surface area contributed by atoms with Crippen molar-refractivity contribution < 1.29 is 19.0 Å². The summed E-state index contributed by atoms with van der Waals surface area (Å²) >= 11 is 0. The summed E-state index contributed by atoms with van der Waals surface area (Å²) in [7, 11) is 3.05. The van der Waals surface area contributed by atoms with Gasteiger partial charge in [-0.1, -0.05) is 31.5 Å². The standard InChI is InChI=1S/C20H25NO4/c1-4-6-15-9-11-16(12-10-15)25-14-13-21-20(22)19-17(23-2)7-5-8-18(19)24-3/h5,7-12H,4,6,13-14H2,1-3H3,(H,21,22). The number of carbonyl (C=O) groups excluding carboxylic acids is 1. The minimum atomic E-state index is -0.254. The number of amides is 1. The number of ether oxygens (including phenoxy) is 3. The third kappa shape index (κ3) is 5.14. The molecule has 0 saturated carbocycles. The lowest BCUT2D eigenvalue weighted by Gasteiger charge is -2.13. The zero-order valence-corrected chi connectivity index (χ0v) is 15.0. The first-order valence-electron chi connectivity index (χ1n) is 8.40. The van der Waals surface area contributed by atoms with Crippen molar-refractivity contribution in [3.8, 4) is 17.2 Å². The van der Waals surface area contributed by atoms with Gasteiger partial charge in [-0.2, -0.15) is 0 Å². The van der Waals surface area contributed by atoms with Crippen molar-refractivity contribution in [3.63, 3.8) is 0 Å². The van der Waals surface area contributed by atoms with Crippen LogP contribution in [0.15, 0.2) is 42.5 Å². The molecule has 1 N–H and O–H groups in total. The average molecular weight is 343 g/mol. The highest BCUT2D eigenvalue weighted by molar-refractivity contribution is 5.99. The van der Waals surface area contributed by atoms with E-state index in [-0.39, 0.29) is 5.91 Å². The molecular weight excluding hydrogens is 318 g/mol. The molecule has 2 rings (SSSR count). The Morgan fingerprint density at radius 2 is 1.64 bits per heavy atom. The molecule has 1 amide bonds. The van der Waals surface area contributed by atoms with Crippen LogP contribution < -0.4 is 19.5 Å². The van der Waals surface area contributed by atoms with Crippen LogP contribution >= 0.6 is 0 Å². The number of methoxy groups -OCH3 is 2. The van der Waals surface area contributed by atoms with E-state index in [1.807, 2.05) is 12.1 Å². The van der Waals surface area contributed by atoms with Crippen molar-refractivity contribution in [2.24, 2.45) is 0 Å². The van der Waals surface area contributed by atoms with E-state index >= 15 is 0 Å². The van der Waals surface area contributed by atoms with Crippen LogP contribution in [0, 0.1) is 0 Å². The number of hydrogen-bond acceptors (Lipinski definition) is 4. The van der Waals surface area contributed by atoms with Gasteiger partial charge in [0, 0.05) is 0 Å². The van der Waals surface area contributed by atoms with Crippen LogP contribution in [0.4, 0.5) is 0 Å². The largest absolute Gasteiger partial charge is 0.496 e. The van der Waals surface area contributed by atoms with Crippen molar-refractivity contribution in [1.82, 2.24) is 5.32 Å². The zero-order valence-electron chi connectivity index (χ0n) is 15.0. The average Bonchev–Trinajstić information content (AvgIpc) is 2.65. The summed E-state index contributed by atoms with van der Waals surface area (Å²) in [5, 5.41) is 2.83. The van der Waals surface area contributed by atoms with E-state index in [9.17, 15) is 4.79 Å². The summed E-state index contributed by atoms with van der Waals surface area (Å²) in [6.07, 6.45) is 2.19. The van der Waals surface area contributed by atoms with Crippen molar-refractivity contribution >= 4 is 5.91 Å². The van der Waals surface area contributed by atoms with Gasteiger partial charge in [0.05, 0.1) is 20.8 Å². The lowest BCUT2D eigenvalue weighted by Crippen LogP contribution is -2.28. The lowest BCUT2D eigenvalue weighted by atomic mass is 10.1. The van der Waals surface area contributed by atoms with Crippen LogP contribution in [-0.4, -0.2) is 33.3 Å². The minimum absolute atomic E-state index is 0.254. The first-order valence-corrected chi connectivity index (χ1v) is 8.40. The monoisotopic (exact) mass is 343 g/mol.